The third kappa shape index (κ3) is 3.84. The van der Waals surface area contributed by atoms with Crippen molar-refractivity contribution in [1.29, 1.82) is 0 Å². The summed E-state index contributed by atoms with van der Waals surface area (Å²) in [6.07, 6.45) is 4.03. The van der Waals surface area contributed by atoms with Crippen molar-refractivity contribution in [1.82, 2.24) is 10.3 Å². The molecule has 1 saturated heterocycles. The lowest BCUT2D eigenvalue weighted by Gasteiger charge is -2.33. The van der Waals surface area contributed by atoms with E-state index in [1.54, 1.807) is 0 Å². The number of pyridine rings is 1. The second-order valence-electron chi connectivity index (χ2n) is 5.58. The minimum Gasteiger partial charge on any atom is -0.357 e. The van der Waals surface area contributed by atoms with E-state index < -0.39 is 0 Å². The largest absolute Gasteiger partial charge is 0.357 e. The smallest absolute Gasteiger partial charge is 0.137 e. The Kier molecular flexibility index (Phi) is 5.05. The Morgan fingerprint density at radius 3 is 2.73 bits per heavy atom. The molecular formula is C17H19BrFN3. The zero-order chi connectivity index (χ0) is 15.4. The number of hydrogen-bond donors (Lipinski definition) is 1. The van der Waals surface area contributed by atoms with Gasteiger partial charge in [-0.3, -0.25) is 0 Å². The number of nitrogens with zero attached hydrogens (tertiary/aromatic N) is 2. The van der Waals surface area contributed by atoms with Crippen molar-refractivity contribution in [3.8, 4) is 0 Å². The van der Waals surface area contributed by atoms with Crippen molar-refractivity contribution in [3.63, 3.8) is 0 Å². The molecular weight excluding hydrogens is 345 g/mol. The van der Waals surface area contributed by atoms with Gasteiger partial charge in [-0.05, 0) is 58.6 Å². The van der Waals surface area contributed by atoms with E-state index in [2.05, 4.69) is 37.2 Å². The number of piperidine rings is 1. The van der Waals surface area contributed by atoms with Crippen molar-refractivity contribution in [3.05, 3.63) is 58.4 Å². The van der Waals surface area contributed by atoms with E-state index in [4.69, 9.17) is 0 Å². The predicted octanol–water partition coefficient (Wildman–Crippen LogP) is 3.74. The molecule has 2 aromatic rings. The summed E-state index contributed by atoms with van der Waals surface area (Å²) in [5.41, 5.74) is 1.10. The highest BCUT2D eigenvalue weighted by Gasteiger charge is 2.19. The van der Waals surface area contributed by atoms with Gasteiger partial charge in [0.1, 0.15) is 11.6 Å². The molecule has 1 aliphatic rings. The van der Waals surface area contributed by atoms with E-state index in [0.29, 0.717) is 10.5 Å². The van der Waals surface area contributed by atoms with Crippen LogP contribution < -0.4 is 10.2 Å². The fourth-order valence-electron chi connectivity index (χ4n) is 2.77. The molecule has 3 rings (SSSR count). The van der Waals surface area contributed by atoms with Gasteiger partial charge in [-0.1, -0.05) is 12.1 Å². The fraction of sp³-hybridized carbons (Fsp3) is 0.353. The molecule has 1 N–H and O–H groups in total. The summed E-state index contributed by atoms with van der Waals surface area (Å²) in [7, 11) is 0. The van der Waals surface area contributed by atoms with E-state index in [-0.39, 0.29) is 5.82 Å². The van der Waals surface area contributed by atoms with Gasteiger partial charge in [0.25, 0.3) is 0 Å². The molecule has 0 unspecified atom stereocenters. The first-order valence-electron chi connectivity index (χ1n) is 7.55. The Morgan fingerprint density at radius 2 is 2.05 bits per heavy atom. The van der Waals surface area contributed by atoms with Gasteiger partial charge < -0.3 is 10.2 Å². The van der Waals surface area contributed by atoms with Gasteiger partial charge in [0.05, 0.1) is 4.47 Å². The molecule has 1 aliphatic heterocycles. The van der Waals surface area contributed by atoms with Gasteiger partial charge >= 0.3 is 0 Å². The van der Waals surface area contributed by atoms with E-state index in [1.807, 2.05) is 30.5 Å². The van der Waals surface area contributed by atoms with Crippen LogP contribution in [0.15, 0.2) is 47.1 Å². The zero-order valence-electron chi connectivity index (χ0n) is 12.3. The molecule has 116 valence electrons. The maximum atomic E-state index is 13.2. The SMILES string of the molecule is Fc1ccc(CNC2CCN(c3ccccn3)CC2)cc1Br. The Bertz CT molecular complexity index is 613. The second kappa shape index (κ2) is 7.20. The zero-order valence-corrected chi connectivity index (χ0v) is 13.9. The molecule has 1 fully saturated rings. The minimum absolute atomic E-state index is 0.215. The average molecular weight is 364 g/mol. The number of benzene rings is 1. The second-order valence-corrected chi connectivity index (χ2v) is 6.43. The maximum absolute atomic E-state index is 13.2. The molecule has 3 nitrogen and oxygen atoms in total. The summed E-state index contributed by atoms with van der Waals surface area (Å²) in [5.74, 6) is 0.843. The maximum Gasteiger partial charge on any atom is 0.137 e. The highest BCUT2D eigenvalue weighted by atomic mass is 79.9. The number of rotatable bonds is 4. The Labute approximate surface area is 138 Å². The molecule has 0 bridgehead atoms. The molecule has 22 heavy (non-hydrogen) atoms. The first-order valence-corrected chi connectivity index (χ1v) is 8.35. The first-order chi connectivity index (χ1) is 10.7. The Balaban J connectivity index is 1.49. The van der Waals surface area contributed by atoms with Gasteiger partial charge in [0.15, 0.2) is 0 Å². The van der Waals surface area contributed by atoms with E-state index in [1.165, 1.54) is 6.07 Å². The van der Waals surface area contributed by atoms with Crippen molar-refractivity contribution in [2.75, 3.05) is 18.0 Å². The third-order valence-electron chi connectivity index (χ3n) is 4.05. The van der Waals surface area contributed by atoms with E-state index >= 15 is 0 Å². The van der Waals surface area contributed by atoms with Crippen molar-refractivity contribution >= 4 is 21.7 Å². The number of hydrogen-bond acceptors (Lipinski definition) is 3. The summed E-state index contributed by atoms with van der Waals surface area (Å²) < 4.78 is 13.7. The van der Waals surface area contributed by atoms with Gasteiger partial charge in [-0.15, -0.1) is 0 Å². The van der Waals surface area contributed by atoms with Crippen LogP contribution in [0.4, 0.5) is 10.2 Å². The topological polar surface area (TPSA) is 28.2 Å². The van der Waals surface area contributed by atoms with E-state index in [9.17, 15) is 4.39 Å². The van der Waals surface area contributed by atoms with Crippen LogP contribution in [-0.4, -0.2) is 24.1 Å². The van der Waals surface area contributed by atoms with Crippen LogP contribution in [0.2, 0.25) is 0 Å². The molecule has 2 heterocycles. The molecule has 0 spiro atoms. The van der Waals surface area contributed by atoms with Crippen molar-refractivity contribution in [2.45, 2.75) is 25.4 Å². The van der Waals surface area contributed by atoms with Crippen molar-refractivity contribution < 1.29 is 4.39 Å². The number of nitrogens with one attached hydrogen (secondary N) is 1. The van der Waals surface area contributed by atoms with Crippen LogP contribution in [0.25, 0.3) is 0 Å². The third-order valence-corrected chi connectivity index (χ3v) is 4.65. The van der Waals surface area contributed by atoms with Gasteiger partial charge in [-0.25, -0.2) is 9.37 Å². The van der Waals surface area contributed by atoms with Gasteiger partial charge in [0, 0.05) is 31.9 Å². The van der Waals surface area contributed by atoms with Crippen LogP contribution in [0.1, 0.15) is 18.4 Å². The highest BCUT2D eigenvalue weighted by molar-refractivity contribution is 9.10. The summed E-state index contributed by atoms with van der Waals surface area (Å²) in [5, 5.41) is 3.57. The fourth-order valence-corrected chi connectivity index (χ4v) is 3.19. The van der Waals surface area contributed by atoms with Crippen LogP contribution in [0, 0.1) is 5.82 Å². The first kappa shape index (κ1) is 15.4. The highest BCUT2D eigenvalue weighted by Crippen LogP contribution is 2.19. The molecule has 0 saturated carbocycles. The van der Waals surface area contributed by atoms with Crippen LogP contribution in [0.5, 0.6) is 0 Å². The van der Waals surface area contributed by atoms with Crippen LogP contribution >= 0.6 is 15.9 Å². The number of aromatic nitrogens is 1. The van der Waals surface area contributed by atoms with Crippen LogP contribution in [0.3, 0.4) is 0 Å². The molecule has 0 amide bonds. The number of halogens is 2. The quantitative estimate of drug-likeness (QED) is 0.896. The Hall–Kier alpha value is -1.46. The Morgan fingerprint density at radius 1 is 1.23 bits per heavy atom. The molecule has 0 radical (unpaired) electrons. The normalized spacial score (nSPS) is 16.0. The average Bonchev–Trinajstić information content (AvgIpc) is 2.57. The molecule has 1 aromatic carbocycles. The summed E-state index contributed by atoms with van der Waals surface area (Å²) >= 11 is 3.23. The van der Waals surface area contributed by atoms with Crippen molar-refractivity contribution in [2.24, 2.45) is 0 Å². The molecule has 1 aromatic heterocycles. The predicted molar refractivity (Wildman–Crippen MR) is 90.4 cm³/mol. The minimum atomic E-state index is -0.215. The summed E-state index contributed by atoms with van der Waals surface area (Å²) in [6, 6.07) is 11.7. The van der Waals surface area contributed by atoms with Gasteiger partial charge in [0.2, 0.25) is 0 Å². The lowest BCUT2D eigenvalue weighted by Crippen LogP contribution is -2.42. The van der Waals surface area contributed by atoms with Crippen LogP contribution in [-0.2, 0) is 6.54 Å². The lowest BCUT2D eigenvalue weighted by molar-refractivity contribution is 0.412. The monoisotopic (exact) mass is 363 g/mol. The molecule has 0 aliphatic carbocycles. The van der Waals surface area contributed by atoms with Gasteiger partial charge in [-0.2, -0.15) is 0 Å². The standard InChI is InChI=1S/C17H19BrFN3/c18-15-11-13(4-5-16(15)19)12-21-14-6-9-22(10-7-14)17-3-1-2-8-20-17/h1-5,8,11,14,21H,6-7,9-10,12H2. The summed E-state index contributed by atoms with van der Waals surface area (Å²) in [4.78, 5) is 6.73. The summed E-state index contributed by atoms with van der Waals surface area (Å²) in [6.45, 7) is 2.80. The molecule has 5 heteroatoms. The van der Waals surface area contributed by atoms with E-state index in [0.717, 1.165) is 43.9 Å². The number of anilines is 1. The lowest BCUT2D eigenvalue weighted by atomic mass is 10.0. The molecule has 0 atom stereocenters.